The average molecular weight is 220 g/mol. The molecule has 0 saturated carbocycles. The molecule has 16 heavy (non-hydrogen) atoms. The number of nitrogens with zero attached hydrogens (tertiary/aromatic N) is 1. The van der Waals surface area contributed by atoms with Gasteiger partial charge in [-0.3, -0.25) is 0 Å². The first kappa shape index (κ1) is 13.0. The Hall–Kier alpha value is -1.02. The molecular formula is C14H24N2. The molecule has 0 aliphatic carbocycles. The van der Waals surface area contributed by atoms with E-state index in [1.54, 1.807) is 0 Å². The Morgan fingerprint density at radius 3 is 2.56 bits per heavy atom. The Bertz CT molecular complexity index is 294. The topological polar surface area (TPSA) is 29.3 Å². The van der Waals surface area contributed by atoms with Gasteiger partial charge in [0.25, 0.3) is 0 Å². The molecule has 0 unspecified atom stereocenters. The molecule has 2 N–H and O–H groups in total. The van der Waals surface area contributed by atoms with Gasteiger partial charge >= 0.3 is 0 Å². The van der Waals surface area contributed by atoms with Crippen molar-refractivity contribution in [1.82, 2.24) is 4.90 Å². The van der Waals surface area contributed by atoms with Crippen LogP contribution in [0.15, 0.2) is 35.6 Å². The van der Waals surface area contributed by atoms with Crippen molar-refractivity contribution in [3.63, 3.8) is 0 Å². The molecule has 1 aliphatic heterocycles. The van der Waals surface area contributed by atoms with E-state index < -0.39 is 0 Å². The van der Waals surface area contributed by atoms with Gasteiger partial charge in [0.05, 0.1) is 0 Å². The van der Waals surface area contributed by atoms with Crippen molar-refractivity contribution in [3.05, 3.63) is 35.6 Å². The largest absolute Gasteiger partial charge is 0.368 e. The first-order valence-corrected chi connectivity index (χ1v) is 6.21. The van der Waals surface area contributed by atoms with Crippen molar-refractivity contribution in [2.24, 2.45) is 5.73 Å². The first-order valence-electron chi connectivity index (χ1n) is 6.21. The molecule has 0 aromatic heterocycles. The Balaban J connectivity index is 2.69. The van der Waals surface area contributed by atoms with Crippen LogP contribution in [0.3, 0.4) is 0 Å². The molecule has 0 amide bonds. The highest BCUT2D eigenvalue weighted by Crippen LogP contribution is 2.17. The van der Waals surface area contributed by atoms with Crippen LogP contribution in [0.2, 0.25) is 0 Å². The van der Waals surface area contributed by atoms with E-state index in [2.05, 4.69) is 50.0 Å². The van der Waals surface area contributed by atoms with Crippen molar-refractivity contribution in [2.45, 2.75) is 39.7 Å². The van der Waals surface area contributed by atoms with Crippen LogP contribution in [-0.2, 0) is 0 Å². The zero-order valence-electron chi connectivity index (χ0n) is 10.7. The molecule has 1 aliphatic rings. The molecule has 1 heterocycles. The molecule has 0 bridgehead atoms. The van der Waals surface area contributed by atoms with Crippen LogP contribution in [-0.4, -0.2) is 24.0 Å². The van der Waals surface area contributed by atoms with Crippen LogP contribution in [0.5, 0.6) is 0 Å². The highest BCUT2D eigenvalue weighted by atomic mass is 15.2. The summed E-state index contributed by atoms with van der Waals surface area (Å²) in [6.45, 7) is 8.49. The maximum Gasteiger partial charge on any atom is 0.0395 e. The Labute approximate surface area is 99.5 Å². The van der Waals surface area contributed by atoms with Gasteiger partial charge in [-0.25, -0.2) is 0 Å². The number of nitrogens with two attached hydrogens (primary N) is 1. The van der Waals surface area contributed by atoms with E-state index >= 15 is 0 Å². The fourth-order valence-corrected chi connectivity index (χ4v) is 1.63. The van der Waals surface area contributed by atoms with E-state index in [4.69, 9.17) is 5.73 Å². The summed E-state index contributed by atoms with van der Waals surface area (Å²) < 4.78 is 0. The van der Waals surface area contributed by atoms with Crippen molar-refractivity contribution in [3.8, 4) is 0 Å². The molecule has 0 spiro atoms. The number of hydrogen-bond acceptors (Lipinski definition) is 2. The lowest BCUT2D eigenvalue weighted by atomic mass is 10.1. The number of allylic oxidation sites excluding steroid dienone is 5. The molecule has 1 rings (SSSR count). The van der Waals surface area contributed by atoms with E-state index in [-0.39, 0.29) is 0 Å². The molecule has 0 atom stereocenters. The van der Waals surface area contributed by atoms with Gasteiger partial charge in [-0.2, -0.15) is 0 Å². The minimum atomic E-state index is 0.355. The SMILES string of the molecule is CC/C=C/C=C(\C=C(/C)CC)N1CC(N)C1. The fourth-order valence-electron chi connectivity index (χ4n) is 1.63. The highest BCUT2D eigenvalue weighted by Gasteiger charge is 2.23. The third-order valence-corrected chi connectivity index (χ3v) is 2.87. The Morgan fingerprint density at radius 1 is 1.38 bits per heavy atom. The van der Waals surface area contributed by atoms with E-state index in [1.165, 1.54) is 11.3 Å². The number of rotatable bonds is 5. The molecule has 1 fully saturated rings. The van der Waals surface area contributed by atoms with Gasteiger partial charge in [0.1, 0.15) is 0 Å². The normalized spacial score (nSPS) is 19.4. The quantitative estimate of drug-likeness (QED) is 0.722. The van der Waals surface area contributed by atoms with Crippen LogP contribution in [0, 0.1) is 0 Å². The summed E-state index contributed by atoms with van der Waals surface area (Å²) in [5, 5.41) is 0. The van der Waals surface area contributed by atoms with Crippen molar-refractivity contribution in [1.29, 1.82) is 0 Å². The molecule has 0 aromatic rings. The van der Waals surface area contributed by atoms with Crippen LogP contribution in [0.25, 0.3) is 0 Å². The van der Waals surface area contributed by atoms with Crippen molar-refractivity contribution in [2.75, 3.05) is 13.1 Å². The number of hydrogen-bond donors (Lipinski definition) is 1. The monoisotopic (exact) mass is 220 g/mol. The van der Waals surface area contributed by atoms with Crippen molar-refractivity contribution >= 4 is 0 Å². The predicted octanol–water partition coefficient (Wildman–Crippen LogP) is 2.84. The zero-order chi connectivity index (χ0) is 12.0. The maximum atomic E-state index is 5.82. The smallest absolute Gasteiger partial charge is 0.0395 e. The first-order chi connectivity index (χ1) is 7.67. The summed E-state index contributed by atoms with van der Waals surface area (Å²) >= 11 is 0. The third kappa shape index (κ3) is 3.86. The van der Waals surface area contributed by atoms with E-state index in [1.807, 2.05) is 0 Å². The molecule has 2 nitrogen and oxygen atoms in total. The summed E-state index contributed by atoms with van der Waals surface area (Å²) in [5.74, 6) is 0. The summed E-state index contributed by atoms with van der Waals surface area (Å²) in [6, 6.07) is 0.355. The molecule has 0 aromatic carbocycles. The summed E-state index contributed by atoms with van der Waals surface area (Å²) in [5.41, 5.74) is 8.53. The Morgan fingerprint density at radius 2 is 2.06 bits per heavy atom. The second-order valence-corrected chi connectivity index (χ2v) is 4.44. The van der Waals surface area contributed by atoms with Gasteiger partial charge in [0.2, 0.25) is 0 Å². The van der Waals surface area contributed by atoms with Gasteiger partial charge in [-0.1, -0.05) is 31.6 Å². The molecule has 0 radical (unpaired) electrons. The molecule has 2 heteroatoms. The number of likely N-dealkylation sites (tertiary alicyclic amines) is 1. The van der Waals surface area contributed by atoms with Gasteiger partial charge < -0.3 is 10.6 Å². The van der Waals surface area contributed by atoms with Gasteiger partial charge in [-0.15, -0.1) is 0 Å². The third-order valence-electron chi connectivity index (χ3n) is 2.87. The van der Waals surface area contributed by atoms with Gasteiger partial charge in [0.15, 0.2) is 0 Å². The lowest BCUT2D eigenvalue weighted by Gasteiger charge is -2.39. The minimum absolute atomic E-state index is 0.355. The molecule has 1 saturated heterocycles. The molecular weight excluding hydrogens is 196 g/mol. The minimum Gasteiger partial charge on any atom is -0.368 e. The van der Waals surface area contributed by atoms with Gasteiger partial charge in [0, 0.05) is 24.8 Å². The fraction of sp³-hybridized carbons (Fsp3) is 0.571. The van der Waals surface area contributed by atoms with Crippen LogP contribution in [0.1, 0.15) is 33.6 Å². The van der Waals surface area contributed by atoms with Crippen LogP contribution >= 0.6 is 0 Å². The van der Waals surface area contributed by atoms with Crippen molar-refractivity contribution < 1.29 is 0 Å². The summed E-state index contributed by atoms with van der Waals surface area (Å²) in [4.78, 5) is 2.34. The van der Waals surface area contributed by atoms with E-state index in [9.17, 15) is 0 Å². The Kier molecular flexibility index (Phi) is 5.33. The van der Waals surface area contributed by atoms with E-state index in [0.29, 0.717) is 6.04 Å². The second-order valence-electron chi connectivity index (χ2n) is 4.44. The average Bonchev–Trinajstić information content (AvgIpc) is 2.23. The van der Waals surface area contributed by atoms with Crippen LogP contribution in [0.4, 0.5) is 0 Å². The predicted molar refractivity (Wildman–Crippen MR) is 71.1 cm³/mol. The molecule has 90 valence electrons. The highest BCUT2D eigenvalue weighted by molar-refractivity contribution is 5.27. The standard InChI is InChI=1S/C14H24N2/c1-4-6-7-8-14(9-12(3)5-2)16-10-13(15)11-16/h6-9,13H,4-5,10-11,15H2,1-3H3/b7-6+,12-9+,14-8+. The summed E-state index contributed by atoms with van der Waals surface area (Å²) in [6.07, 6.45) is 11.0. The van der Waals surface area contributed by atoms with Crippen LogP contribution < -0.4 is 5.73 Å². The van der Waals surface area contributed by atoms with E-state index in [0.717, 1.165) is 25.9 Å². The lowest BCUT2D eigenvalue weighted by molar-refractivity contribution is 0.208. The maximum absolute atomic E-state index is 5.82. The zero-order valence-corrected chi connectivity index (χ0v) is 10.7. The van der Waals surface area contributed by atoms with Gasteiger partial charge in [-0.05, 0) is 31.9 Å². The second kappa shape index (κ2) is 6.54. The summed E-state index contributed by atoms with van der Waals surface area (Å²) in [7, 11) is 0. The lowest BCUT2D eigenvalue weighted by Crippen LogP contribution is -2.54.